The van der Waals surface area contributed by atoms with E-state index in [9.17, 15) is 0 Å². The third-order valence-corrected chi connectivity index (χ3v) is 5.36. The summed E-state index contributed by atoms with van der Waals surface area (Å²) in [5.74, 6) is 1.28. The first-order valence-electron chi connectivity index (χ1n) is 6.76. The van der Waals surface area contributed by atoms with Crippen molar-refractivity contribution in [2.75, 3.05) is 0 Å². The Labute approximate surface area is 138 Å². The molecule has 0 saturated carbocycles. The molecule has 0 fully saturated rings. The van der Waals surface area contributed by atoms with Crippen LogP contribution < -0.4 is 0 Å². The molecular weight excluding hydrogens is 323 g/mol. The smallest absolute Gasteiger partial charge is 0.124 e. The average Bonchev–Trinajstić information content (AvgIpc) is 3.06. The van der Waals surface area contributed by atoms with E-state index in [1.165, 1.54) is 4.88 Å². The summed E-state index contributed by atoms with van der Waals surface area (Å²) in [6.45, 7) is 5.34. The van der Waals surface area contributed by atoms with Crippen LogP contribution in [0.5, 0.6) is 0 Å². The van der Waals surface area contributed by atoms with Crippen LogP contribution in [-0.2, 0) is 17.8 Å². The van der Waals surface area contributed by atoms with Gasteiger partial charge in [-0.15, -0.1) is 22.9 Å². The van der Waals surface area contributed by atoms with E-state index in [4.69, 9.17) is 23.2 Å². The largest absolute Gasteiger partial charge is 0.326 e. The SMILES string of the molecule is CC(C)(Cn1c(CCl)nc2cc(Cl)ccc21)c1cccs1. The maximum Gasteiger partial charge on any atom is 0.124 e. The normalized spacial score (nSPS) is 12.2. The molecule has 2 nitrogen and oxygen atoms in total. The lowest BCUT2D eigenvalue weighted by Crippen LogP contribution is -2.24. The molecule has 0 aliphatic carbocycles. The Morgan fingerprint density at radius 3 is 2.76 bits per heavy atom. The molecule has 0 radical (unpaired) electrons. The number of rotatable bonds is 4. The highest BCUT2D eigenvalue weighted by atomic mass is 35.5. The number of fused-ring (bicyclic) bond motifs is 1. The van der Waals surface area contributed by atoms with Crippen molar-refractivity contribution in [3.8, 4) is 0 Å². The Balaban J connectivity index is 2.07. The molecule has 0 saturated heterocycles. The first-order chi connectivity index (χ1) is 10.0. The molecule has 0 bridgehead atoms. The second kappa shape index (κ2) is 5.64. The fraction of sp³-hybridized carbons (Fsp3) is 0.312. The topological polar surface area (TPSA) is 17.8 Å². The first kappa shape index (κ1) is 14.9. The van der Waals surface area contributed by atoms with Gasteiger partial charge >= 0.3 is 0 Å². The Bertz CT molecular complexity index is 760. The number of alkyl halides is 1. The van der Waals surface area contributed by atoms with Crippen LogP contribution in [0.25, 0.3) is 11.0 Å². The minimum atomic E-state index is 0.0300. The molecule has 0 atom stereocenters. The number of hydrogen-bond acceptors (Lipinski definition) is 2. The minimum absolute atomic E-state index is 0.0300. The van der Waals surface area contributed by atoms with Crippen molar-refractivity contribution in [3.05, 3.63) is 51.4 Å². The van der Waals surface area contributed by atoms with Gasteiger partial charge in [-0.05, 0) is 29.6 Å². The lowest BCUT2D eigenvalue weighted by Gasteiger charge is -2.25. The summed E-state index contributed by atoms with van der Waals surface area (Å²) in [6.07, 6.45) is 0. The molecule has 110 valence electrons. The molecule has 21 heavy (non-hydrogen) atoms. The molecule has 2 aromatic heterocycles. The van der Waals surface area contributed by atoms with Gasteiger partial charge in [-0.3, -0.25) is 0 Å². The Morgan fingerprint density at radius 1 is 1.29 bits per heavy atom. The van der Waals surface area contributed by atoms with Gasteiger partial charge in [0.15, 0.2) is 0 Å². The van der Waals surface area contributed by atoms with Crippen molar-refractivity contribution in [1.29, 1.82) is 0 Å². The quantitative estimate of drug-likeness (QED) is 0.577. The van der Waals surface area contributed by atoms with E-state index in [1.807, 2.05) is 18.2 Å². The van der Waals surface area contributed by atoms with E-state index in [0.717, 1.165) is 23.4 Å². The van der Waals surface area contributed by atoms with Crippen LogP contribution in [0, 0.1) is 0 Å². The van der Waals surface area contributed by atoms with Gasteiger partial charge in [0.2, 0.25) is 0 Å². The van der Waals surface area contributed by atoms with Crippen LogP contribution in [0.1, 0.15) is 24.5 Å². The summed E-state index contributed by atoms with van der Waals surface area (Å²) in [7, 11) is 0. The first-order valence-corrected chi connectivity index (χ1v) is 8.55. The van der Waals surface area contributed by atoms with Crippen molar-refractivity contribution in [2.45, 2.75) is 31.7 Å². The molecule has 0 unspecified atom stereocenters. The minimum Gasteiger partial charge on any atom is -0.326 e. The van der Waals surface area contributed by atoms with Crippen molar-refractivity contribution in [2.24, 2.45) is 0 Å². The fourth-order valence-electron chi connectivity index (χ4n) is 2.57. The lowest BCUT2D eigenvalue weighted by atomic mass is 9.91. The highest BCUT2D eigenvalue weighted by Gasteiger charge is 2.24. The number of hydrogen-bond donors (Lipinski definition) is 0. The fourth-order valence-corrected chi connectivity index (χ4v) is 3.78. The summed E-state index contributed by atoms with van der Waals surface area (Å²) >= 11 is 13.9. The number of imidazole rings is 1. The number of aromatic nitrogens is 2. The summed E-state index contributed by atoms with van der Waals surface area (Å²) in [6, 6.07) is 10.1. The molecule has 0 spiro atoms. The molecule has 3 rings (SSSR count). The summed E-state index contributed by atoms with van der Waals surface area (Å²) in [5.41, 5.74) is 2.02. The van der Waals surface area contributed by atoms with Gasteiger partial charge in [0.25, 0.3) is 0 Å². The van der Waals surface area contributed by atoms with E-state index < -0.39 is 0 Å². The second-order valence-electron chi connectivity index (χ2n) is 5.74. The highest BCUT2D eigenvalue weighted by Crippen LogP contribution is 2.32. The molecular formula is C16H16Cl2N2S. The summed E-state index contributed by atoms with van der Waals surface area (Å²) < 4.78 is 2.21. The molecule has 5 heteroatoms. The zero-order valence-corrected chi connectivity index (χ0v) is 14.3. The van der Waals surface area contributed by atoms with Gasteiger partial charge in [-0.2, -0.15) is 0 Å². The van der Waals surface area contributed by atoms with Crippen LogP contribution in [0.3, 0.4) is 0 Å². The standard InChI is InChI=1S/C16H16Cl2N2S/c1-16(2,14-4-3-7-21-14)10-20-13-6-5-11(18)8-12(13)19-15(20)9-17/h3-8H,9-10H2,1-2H3. The summed E-state index contributed by atoms with van der Waals surface area (Å²) in [5, 5.41) is 2.82. The maximum atomic E-state index is 6.08. The van der Waals surface area contributed by atoms with E-state index in [1.54, 1.807) is 11.3 Å². The molecule has 0 aliphatic rings. The van der Waals surface area contributed by atoms with Crippen molar-refractivity contribution in [3.63, 3.8) is 0 Å². The Hall–Kier alpha value is -1.03. The predicted molar refractivity (Wildman–Crippen MR) is 91.6 cm³/mol. The third kappa shape index (κ3) is 2.83. The summed E-state index contributed by atoms with van der Waals surface area (Å²) in [4.78, 5) is 5.97. The van der Waals surface area contributed by atoms with Crippen LogP contribution >= 0.6 is 34.5 Å². The van der Waals surface area contributed by atoms with Gasteiger partial charge in [0, 0.05) is 21.9 Å². The van der Waals surface area contributed by atoms with Gasteiger partial charge in [-0.25, -0.2) is 4.98 Å². The molecule has 2 heterocycles. The zero-order valence-electron chi connectivity index (χ0n) is 11.9. The van der Waals surface area contributed by atoms with E-state index in [0.29, 0.717) is 10.9 Å². The van der Waals surface area contributed by atoms with Crippen LogP contribution in [-0.4, -0.2) is 9.55 Å². The van der Waals surface area contributed by atoms with Gasteiger partial charge in [0.05, 0.1) is 16.9 Å². The number of halogens is 2. The Morgan fingerprint density at radius 2 is 2.10 bits per heavy atom. The second-order valence-corrected chi connectivity index (χ2v) is 7.39. The monoisotopic (exact) mass is 338 g/mol. The van der Waals surface area contributed by atoms with Gasteiger partial charge < -0.3 is 4.57 Å². The third-order valence-electron chi connectivity index (χ3n) is 3.65. The van der Waals surface area contributed by atoms with E-state index in [2.05, 4.69) is 40.9 Å². The van der Waals surface area contributed by atoms with E-state index >= 15 is 0 Å². The zero-order chi connectivity index (χ0) is 15.0. The van der Waals surface area contributed by atoms with Crippen LogP contribution in [0.4, 0.5) is 0 Å². The van der Waals surface area contributed by atoms with Crippen molar-refractivity contribution < 1.29 is 0 Å². The van der Waals surface area contributed by atoms with Crippen molar-refractivity contribution >= 4 is 45.6 Å². The molecule has 0 amide bonds. The van der Waals surface area contributed by atoms with Crippen LogP contribution in [0.15, 0.2) is 35.7 Å². The Kier molecular flexibility index (Phi) is 4.00. The molecule has 0 N–H and O–H groups in total. The predicted octanol–water partition coefficient (Wildman–Crippen LogP) is 5.47. The van der Waals surface area contributed by atoms with Gasteiger partial charge in [0.1, 0.15) is 5.82 Å². The van der Waals surface area contributed by atoms with Gasteiger partial charge in [-0.1, -0.05) is 31.5 Å². The van der Waals surface area contributed by atoms with E-state index in [-0.39, 0.29) is 5.41 Å². The lowest BCUT2D eigenvalue weighted by molar-refractivity contribution is 0.443. The average molecular weight is 339 g/mol. The van der Waals surface area contributed by atoms with Crippen molar-refractivity contribution in [1.82, 2.24) is 9.55 Å². The number of thiophene rings is 1. The number of nitrogens with zero attached hydrogens (tertiary/aromatic N) is 2. The maximum absolute atomic E-state index is 6.08. The molecule has 3 aromatic rings. The highest BCUT2D eigenvalue weighted by molar-refractivity contribution is 7.10. The molecule has 0 aliphatic heterocycles. The van der Waals surface area contributed by atoms with Crippen LogP contribution in [0.2, 0.25) is 5.02 Å². The number of benzene rings is 1. The molecule has 1 aromatic carbocycles.